The highest BCUT2D eigenvalue weighted by molar-refractivity contribution is 5.51. The van der Waals surface area contributed by atoms with E-state index in [1.807, 2.05) is 0 Å². The average molecular weight is 263 g/mol. The molecule has 1 aromatic heterocycles. The molecule has 0 aliphatic carbocycles. The van der Waals surface area contributed by atoms with Crippen LogP contribution in [-0.2, 0) is 0 Å². The summed E-state index contributed by atoms with van der Waals surface area (Å²) < 4.78 is 0. The van der Waals surface area contributed by atoms with Crippen molar-refractivity contribution in [2.24, 2.45) is 0 Å². The standard InChI is InChI=1S/C14H25N5/c1-14(2,3)18(4)12-10-13(17-11-16-12)19-8-5-6-15-7-9-19/h10-11,15H,5-9H2,1-4H3. The van der Waals surface area contributed by atoms with Crippen LogP contribution in [0.4, 0.5) is 11.6 Å². The van der Waals surface area contributed by atoms with Gasteiger partial charge in [0.05, 0.1) is 0 Å². The van der Waals surface area contributed by atoms with Gasteiger partial charge < -0.3 is 15.1 Å². The molecule has 0 radical (unpaired) electrons. The lowest BCUT2D eigenvalue weighted by molar-refractivity contribution is 0.533. The molecule has 0 spiro atoms. The zero-order valence-electron chi connectivity index (χ0n) is 12.5. The van der Waals surface area contributed by atoms with Gasteiger partial charge in [-0.15, -0.1) is 0 Å². The Kier molecular flexibility index (Phi) is 4.24. The maximum Gasteiger partial charge on any atom is 0.134 e. The number of hydrogen-bond donors (Lipinski definition) is 1. The van der Waals surface area contributed by atoms with Gasteiger partial charge in [-0.1, -0.05) is 0 Å². The van der Waals surface area contributed by atoms with E-state index in [2.05, 4.69) is 59.0 Å². The Morgan fingerprint density at radius 3 is 2.74 bits per heavy atom. The number of hydrogen-bond acceptors (Lipinski definition) is 5. The lowest BCUT2D eigenvalue weighted by atomic mass is 10.1. The van der Waals surface area contributed by atoms with E-state index in [1.165, 1.54) is 0 Å². The first-order valence-corrected chi connectivity index (χ1v) is 7.00. The highest BCUT2D eigenvalue weighted by Gasteiger charge is 2.20. The second-order valence-corrected chi connectivity index (χ2v) is 6.05. The first-order chi connectivity index (χ1) is 8.98. The maximum absolute atomic E-state index is 4.43. The minimum absolute atomic E-state index is 0.0615. The van der Waals surface area contributed by atoms with Crippen molar-refractivity contribution in [2.75, 3.05) is 43.0 Å². The molecule has 1 saturated heterocycles. The molecule has 1 aliphatic rings. The van der Waals surface area contributed by atoms with Gasteiger partial charge in [0.15, 0.2) is 0 Å². The zero-order valence-corrected chi connectivity index (χ0v) is 12.5. The molecule has 0 saturated carbocycles. The van der Waals surface area contributed by atoms with Crippen LogP contribution in [0.1, 0.15) is 27.2 Å². The van der Waals surface area contributed by atoms with Gasteiger partial charge in [-0.25, -0.2) is 9.97 Å². The summed E-state index contributed by atoms with van der Waals surface area (Å²) in [6.45, 7) is 10.7. The second kappa shape index (κ2) is 5.74. The Labute approximate surface area is 116 Å². The minimum atomic E-state index is 0.0615. The van der Waals surface area contributed by atoms with Gasteiger partial charge in [0.25, 0.3) is 0 Å². The van der Waals surface area contributed by atoms with Gasteiger partial charge in [0.1, 0.15) is 18.0 Å². The van der Waals surface area contributed by atoms with Gasteiger partial charge in [-0.05, 0) is 33.7 Å². The summed E-state index contributed by atoms with van der Waals surface area (Å²) in [4.78, 5) is 13.3. The number of aromatic nitrogens is 2. The monoisotopic (exact) mass is 263 g/mol. The molecule has 0 bridgehead atoms. The van der Waals surface area contributed by atoms with Crippen molar-refractivity contribution in [2.45, 2.75) is 32.7 Å². The van der Waals surface area contributed by atoms with Crippen molar-refractivity contribution in [1.82, 2.24) is 15.3 Å². The molecule has 2 heterocycles. The minimum Gasteiger partial charge on any atom is -0.355 e. The quantitative estimate of drug-likeness (QED) is 0.876. The first kappa shape index (κ1) is 14.1. The summed E-state index contributed by atoms with van der Waals surface area (Å²) in [5, 5.41) is 3.41. The average Bonchev–Trinajstić information content (AvgIpc) is 2.66. The summed E-state index contributed by atoms with van der Waals surface area (Å²) >= 11 is 0. The second-order valence-electron chi connectivity index (χ2n) is 6.05. The number of nitrogens with one attached hydrogen (secondary N) is 1. The summed E-state index contributed by atoms with van der Waals surface area (Å²) in [7, 11) is 2.08. The Bertz CT molecular complexity index is 405. The number of nitrogens with zero attached hydrogens (tertiary/aromatic N) is 4. The lowest BCUT2D eigenvalue weighted by Gasteiger charge is -2.33. The molecule has 19 heavy (non-hydrogen) atoms. The van der Waals surface area contributed by atoms with Gasteiger partial charge >= 0.3 is 0 Å². The van der Waals surface area contributed by atoms with Gasteiger partial charge in [-0.3, -0.25) is 0 Å². The van der Waals surface area contributed by atoms with E-state index in [1.54, 1.807) is 6.33 Å². The fourth-order valence-corrected chi connectivity index (χ4v) is 2.11. The SMILES string of the molecule is CN(c1cc(N2CCCNCC2)ncn1)C(C)(C)C. The van der Waals surface area contributed by atoms with Crippen LogP contribution in [0.2, 0.25) is 0 Å². The van der Waals surface area contributed by atoms with Gasteiger partial charge in [0, 0.05) is 38.3 Å². The van der Waals surface area contributed by atoms with Crippen molar-refractivity contribution in [1.29, 1.82) is 0 Å². The Hall–Kier alpha value is -1.36. The molecule has 106 valence electrons. The van der Waals surface area contributed by atoms with Crippen LogP contribution in [-0.4, -0.2) is 48.7 Å². The predicted molar refractivity (Wildman–Crippen MR) is 79.9 cm³/mol. The van der Waals surface area contributed by atoms with Crippen LogP contribution in [0.25, 0.3) is 0 Å². The Morgan fingerprint density at radius 1 is 1.21 bits per heavy atom. The molecular weight excluding hydrogens is 238 g/mol. The summed E-state index contributed by atoms with van der Waals surface area (Å²) in [6, 6.07) is 2.09. The van der Waals surface area contributed by atoms with Crippen molar-refractivity contribution >= 4 is 11.6 Å². The summed E-state index contributed by atoms with van der Waals surface area (Å²) in [6.07, 6.45) is 2.83. The largest absolute Gasteiger partial charge is 0.355 e. The van der Waals surface area contributed by atoms with Crippen LogP contribution in [0.5, 0.6) is 0 Å². The van der Waals surface area contributed by atoms with Crippen LogP contribution < -0.4 is 15.1 Å². The van der Waals surface area contributed by atoms with Crippen LogP contribution in [0.15, 0.2) is 12.4 Å². The van der Waals surface area contributed by atoms with Crippen molar-refractivity contribution < 1.29 is 0 Å². The van der Waals surface area contributed by atoms with E-state index in [4.69, 9.17) is 0 Å². The molecule has 0 amide bonds. The summed E-state index contributed by atoms with van der Waals surface area (Å²) in [5.41, 5.74) is 0.0615. The third-order valence-corrected chi connectivity index (χ3v) is 3.65. The van der Waals surface area contributed by atoms with E-state index in [0.29, 0.717) is 0 Å². The summed E-state index contributed by atoms with van der Waals surface area (Å²) in [5.74, 6) is 2.01. The van der Waals surface area contributed by atoms with E-state index in [-0.39, 0.29) is 5.54 Å². The first-order valence-electron chi connectivity index (χ1n) is 7.00. The molecule has 1 aliphatic heterocycles. The molecule has 2 rings (SSSR count). The van der Waals surface area contributed by atoms with E-state index >= 15 is 0 Å². The van der Waals surface area contributed by atoms with E-state index < -0.39 is 0 Å². The molecule has 1 aromatic rings. The zero-order chi connectivity index (χ0) is 13.9. The fourth-order valence-electron chi connectivity index (χ4n) is 2.11. The van der Waals surface area contributed by atoms with Crippen molar-refractivity contribution in [3.63, 3.8) is 0 Å². The van der Waals surface area contributed by atoms with Crippen LogP contribution >= 0.6 is 0 Å². The normalized spacial score (nSPS) is 17.2. The molecule has 5 heteroatoms. The molecule has 0 aromatic carbocycles. The van der Waals surface area contributed by atoms with E-state index in [9.17, 15) is 0 Å². The van der Waals surface area contributed by atoms with Crippen LogP contribution in [0.3, 0.4) is 0 Å². The third-order valence-electron chi connectivity index (χ3n) is 3.65. The number of rotatable bonds is 2. The lowest BCUT2D eigenvalue weighted by Crippen LogP contribution is -2.39. The van der Waals surface area contributed by atoms with E-state index in [0.717, 1.165) is 44.2 Å². The topological polar surface area (TPSA) is 44.3 Å². The smallest absolute Gasteiger partial charge is 0.134 e. The molecule has 1 fully saturated rings. The molecule has 1 N–H and O–H groups in total. The molecule has 5 nitrogen and oxygen atoms in total. The Morgan fingerprint density at radius 2 is 2.00 bits per heavy atom. The highest BCUT2D eigenvalue weighted by Crippen LogP contribution is 2.22. The molecule has 0 atom stereocenters. The van der Waals surface area contributed by atoms with Gasteiger partial charge in [-0.2, -0.15) is 0 Å². The van der Waals surface area contributed by atoms with Gasteiger partial charge in [0.2, 0.25) is 0 Å². The number of anilines is 2. The fraction of sp³-hybridized carbons (Fsp3) is 0.714. The molecular formula is C14H25N5. The molecule has 0 unspecified atom stereocenters. The maximum atomic E-state index is 4.43. The van der Waals surface area contributed by atoms with Crippen molar-refractivity contribution in [3.8, 4) is 0 Å². The highest BCUT2D eigenvalue weighted by atomic mass is 15.3. The van der Waals surface area contributed by atoms with Crippen molar-refractivity contribution in [3.05, 3.63) is 12.4 Å². The Balaban J connectivity index is 2.18. The third kappa shape index (κ3) is 3.56. The predicted octanol–water partition coefficient (Wildman–Crippen LogP) is 1.51. The van der Waals surface area contributed by atoms with Crippen LogP contribution in [0, 0.1) is 0 Å².